The number of aliphatic imine (C=N–C) groups is 1. The molecule has 5 nitrogen and oxygen atoms in total. The molecule has 2 aromatic rings. The Morgan fingerprint density at radius 2 is 2.08 bits per heavy atom. The molecule has 0 aliphatic carbocycles. The second-order valence-corrected chi connectivity index (χ2v) is 6.15. The summed E-state index contributed by atoms with van der Waals surface area (Å²) in [4.78, 5) is 23.6. The number of aromatic nitrogens is 1. The second kappa shape index (κ2) is 7.81. The number of carbonyl (C=O) groups is 1. The zero-order chi connectivity index (χ0) is 17.6. The third-order valence-electron chi connectivity index (χ3n) is 3.48. The normalized spacial score (nSPS) is 17.3. The van der Waals surface area contributed by atoms with Crippen LogP contribution in [0.3, 0.4) is 0 Å². The summed E-state index contributed by atoms with van der Waals surface area (Å²) in [5.41, 5.74) is 0.846. The van der Waals surface area contributed by atoms with Crippen molar-refractivity contribution in [1.82, 2.24) is 9.88 Å². The number of benzene rings is 1. The van der Waals surface area contributed by atoms with Crippen molar-refractivity contribution in [1.29, 1.82) is 0 Å². The summed E-state index contributed by atoms with van der Waals surface area (Å²) in [6, 6.07) is 13.0. The van der Waals surface area contributed by atoms with Gasteiger partial charge in [0.1, 0.15) is 5.75 Å². The number of amides is 1. The molecule has 25 heavy (non-hydrogen) atoms. The molecule has 0 spiro atoms. The van der Waals surface area contributed by atoms with Gasteiger partial charge < -0.3 is 4.74 Å². The Hall–Kier alpha value is -2.86. The largest absolute Gasteiger partial charge is 0.496 e. The van der Waals surface area contributed by atoms with Crippen molar-refractivity contribution in [2.75, 3.05) is 13.7 Å². The van der Waals surface area contributed by atoms with E-state index in [9.17, 15) is 4.79 Å². The number of pyridine rings is 1. The maximum absolute atomic E-state index is 12.7. The zero-order valence-electron chi connectivity index (χ0n) is 13.8. The maximum atomic E-state index is 12.7. The number of methoxy groups -OCH3 is 1. The molecule has 0 bridgehead atoms. The van der Waals surface area contributed by atoms with Gasteiger partial charge in [-0.3, -0.25) is 9.69 Å². The van der Waals surface area contributed by atoms with Crippen LogP contribution in [0, 0.1) is 0 Å². The predicted octanol–water partition coefficient (Wildman–Crippen LogP) is 3.88. The highest BCUT2D eigenvalue weighted by Gasteiger charge is 2.32. The van der Waals surface area contributed by atoms with Crippen molar-refractivity contribution in [3.05, 3.63) is 71.8 Å². The molecule has 1 fully saturated rings. The molecular weight excluding hydrogens is 334 g/mol. The molecule has 2 heterocycles. The summed E-state index contributed by atoms with van der Waals surface area (Å²) in [5, 5.41) is 0.588. The van der Waals surface area contributed by atoms with E-state index < -0.39 is 0 Å². The van der Waals surface area contributed by atoms with Gasteiger partial charge in [0.05, 0.1) is 12.0 Å². The van der Waals surface area contributed by atoms with Gasteiger partial charge in [0.25, 0.3) is 5.91 Å². The summed E-state index contributed by atoms with van der Waals surface area (Å²) in [6.45, 7) is 4.11. The number of ether oxygens (including phenoxy) is 1. The Balaban J connectivity index is 1.97. The van der Waals surface area contributed by atoms with Gasteiger partial charge in [-0.05, 0) is 36.0 Å². The lowest BCUT2D eigenvalue weighted by atomic mass is 10.2. The summed E-state index contributed by atoms with van der Waals surface area (Å²) in [5.74, 6) is 1.17. The van der Waals surface area contributed by atoms with Gasteiger partial charge in [0.15, 0.2) is 11.0 Å². The van der Waals surface area contributed by atoms with Crippen molar-refractivity contribution in [2.45, 2.75) is 0 Å². The van der Waals surface area contributed by atoms with E-state index in [0.717, 1.165) is 5.56 Å². The molecule has 126 valence electrons. The van der Waals surface area contributed by atoms with Crippen LogP contribution in [-0.2, 0) is 4.79 Å². The predicted molar refractivity (Wildman–Crippen MR) is 102 cm³/mol. The molecule has 1 aromatic carbocycles. The van der Waals surface area contributed by atoms with Crippen LogP contribution < -0.4 is 4.74 Å². The number of rotatable bonds is 5. The topological polar surface area (TPSA) is 54.8 Å². The third-order valence-corrected chi connectivity index (χ3v) is 4.49. The first-order valence-corrected chi connectivity index (χ1v) is 8.49. The van der Waals surface area contributed by atoms with Gasteiger partial charge in [-0.1, -0.05) is 30.3 Å². The van der Waals surface area contributed by atoms with E-state index in [0.29, 0.717) is 28.2 Å². The first kappa shape index (κ1) is 17.0. The molecular formula is C19H17N3O2S. The average Bonchev–Trinajstić information content (AvgIpc) is 2.92. The summed E-state index contributed by atoms with van der Waals surface area (Å²) in [6.07, 6.45) is 5.17. The number of hydrogen-bond donors (Lipinski definition) is 0. The Bertz CT molecular complexity index is 847. The van der Waals surface area contributed by atoms with E-state index in [-0.39, 0.29) is 5.91 Å². The number of thioether (sulfide) groups is 1. The van der Waals surface area contributed by atoms with Gasteiger partial charge in [-0.25, -0.2) is 9.98 Å². The molecule has 0 saturated carbocycles. The van der Waals surface area contributed by atoms with Crippen LogP contribution in [0.1, 0.15) is 5.56 Å². The minimum atomic E-state index is -0.106. The molecule has 1 aliphatic rings. The number of nitrogens with zero attached hydrogens (tertiary/aromatic N) is 3. The smallest absolute Gasteiger partial charge is 0.267 e. The van der Waals surface area contributed by atoms with Crippen LogP contribution in [0.15, 0.2) is 71.2 Å². The van der Waals surface area contributed by atoms with Crippen LogP contribution in [0.5, 0.6) is 5.75 Å². The Labute approximate surface area is 150 Å². The van der Waals surface area contributed by atoms with Crippen molar-refractivity contribution in [3.63, 3.8) is 0 Å². The SMILES string of the molecule is C=CCN1C(=O)/C(=C/c2ccccc2OC)S/C1=N/c1ccccn1. The Morgan fingerprint density at radius 1 is 1.28 bits per heavy atom. The van der Waals surface area contributed by atoms with Crippen LogP contribution in [-0.4, -0.2) is 34.6 Å². The Morgan fingerprint density at radius 3 is 2.80 bits per heavy atom. The lowest BCUT2D eigenvalue weighted by Crippen LogP contribution is -2.29. The van der Waals surface area contributed by atoms with Crippen molar-refractivity contribution in [3.8, 4) is 5.75 Å². The van der Waals surface area contributed by atoms with Crippen molar-refractivity contribution >= 4 is 34.7 Å². The number of hydrogen-bond acceptors (Lipinski definition) is 5. The molecule has 0 unspecified atom stereocenters. The number of para-hydroxylation sites is 1. The van der Waals surface area contributed by atoms with Crippen molar-refractivity contribution in [2.24, 2.45) is 4.99 Å². The fourth-order valence-corrected chi connectivity index (χ4v) is 3.31. The quantitative estimate of drug-likeness (QED) is 0.606. The minimum absolute atomic E-state index is 0.106. The molecule has 1 saturated heterocycles. The zero-order valence-corrected chi connectivity index (χ0v) is 14.6. The van der Waals surface area contributed by atoms with E-state index in [1.807, 2.05) is 42.5 Å². The fourth-order valence-electron chi connectivity index (χ4n) is 2.33. The van der Waals surface area contributed by atoms with Gasteiger partial charge in [-0.15, -0.1) is 6.58 Å². The number of amidine groups is 1. The van der Waals surface area contributed by atoms with E-state index in [1.165, 1.54) is 11.8 Å². The third kappa shape index (κ3) is 3.80. The van der Waals surface area contributed by atoms with Crippen LogP contribution in [0.4, 0.5) is 5.82 Å². The fraction of sp³-hybridized carbons (Fsp3) is 0.105. The maximum Gasteiger partial charge on any atom is 0.267 e. The molecule has 1 aromatic heterocycles. The van der Waals surface area contributed by atoms with Gasteiger partial charge >= 0.3 is 0 Å². The standard InChI is InChI=1S/C19H17N3O2S/c1-3-12-22-18(23)16(13-14-8-4-5-9-15(14)24-2)25-19(22)21-17-10-6-7-11-20-17/h3-11,13H,1,12H2,2H3/b16-13-,21-19+. The van der Waals surface area contributed by atoms with E-state index in [2.05, 4.69) is 16.6 Å². The lowest BCUT2D eigenvalue weighted by molar-refractivity contribution is -0.121. The highest BCUT2D eigenvalue weighted by molar-refractivity contribution is 8.18. The average molecular weight is 351 g/mol. The minimum Gasteiger partial charge on any atom is -0.496 e. The summed E-state index contributed by atoms with van der Waals surface area (Å²) >= 11 is 1.32. The molecule has 6 heteroatoms. The van der Waals surface area contributed by atoms with Crippen LogP contribution in [0.2, 0.25) is 0 Å². The van der Waals surface area contributed by atoms with E-state index in [4.69, 9.17) is 4.74 Å². The van der Waals surface area contributed by atoms with Crippen molar-refractivity contribution < 1.29 is 9.53 Å². The van der Waals surface area contributed by atoms with E-state index >= 15 is 0 Å². The van der Waals surface area contributed by atoms with Crippen LogP contribution >= 0.6 is 11.8 Å². The molecule has 0 radical (unpaired) electrons. The molecule has 0 atom stereocenters. The molecule has 0 N–H and O–H groups in total. The van der Waals surface area contributed by atoms with E-state index in [1.54, 1.807) is 30.3 Å². The van der Waals surface area contributed by atoms with Gasteiger partial charge in [0.2, 0.25) is 0 Å². The first-order chi connectivity index (χ1) is 12.2. The first-order valence-electron chi connectivity index (χ1n) is 7.68. The molecule has 1 amide bonds. The highest BCUT2D eigenvalue weighted by Crippen LogP contribution is 2.35. The van der Waals surface area contributed by atoms with Crippen LogP contribution in [0.25, 0.3) is 6.08 Å². The summed E-state index contributed by atoms with van der Waals surface area (Å²) < 4.78 is 5.35. The lowest BCUT2D eigenvalue weighted by Gasteiger charge is -2.12. The summed E-state index contributed by atoms with van der Waals surface area (Å²) in [7, 11) is 1.61. The van der Waals surface area contributed by atoms with Gasteiger partial charge in [-0.2, -0.15) is 0 Å². The van der Waals surface area contributed by atoms with Gasteiger partial charge in [0, 0.05) is 18.3 Å². The Kier molecular flexibility index (Phi) is 5.30. The second-order valence-electron chi connectivity index (χ2n) is 5.14. The monoisotopic (exact) mass is 351 g/mol. The number of carbonyl (C=O) groups excluding carboxylic acids is 1. The molecule has 3 rings (SSSR count). The molecule has 1 aliphatic heterocycles. The highest BCUT2D eigenvalue weighted by atomic mass is 32.2.